The molecule has 0 heterocycles. The standard InChI is InChI=1S/C86H50/c1-3-17-51(18-4-1)74-49-61(82-64-27-9-13-31-68(64)86(69-32-14-10-28-65(69)82)73-46-42-58-36-34-54-22-16-24-56-40-44-71(73)84(58)79(54)56)50-77-76(74)47-59-37-38-60(48-75(59)80(77)52-19-5-2-6-20-52)81-62-25-7-11-29-66(62)85(67-30-12-8-26-63(67)81)72-45-41-57-35-33-53-21-15-23-55-39-43-70(72)83(57)78(53)55/h1-50H. The topological polar surface area (TPSA) is 0 Å². The normalized spacial score (nSPS) is 12.2. The first-order valence-electron chi connectivity index (χ1n) is 30.1. The van der Waals surface area contributed by atoms with Crippen LogP contribution in [0.4, 0.5) is 0 Å². The molecule has 19 aromatic carbocycles. The van der Waals surface area contributed by atoms with Crippen LogP contribution in [0.2, 0.25) is 0 Å². The Kier molecular flexibility index (Phi) is 9.99. The summed E-state index contributed by atoms with van der Waals surface area (Å²) < 4.78 is 0. The summed E-state index contributed by atoms with van der Waals surface area (Å²) in [4.78, 5) is 0. The third kappa shape index (κ3) is 6.75. The molecule has 86 heavy (non-hydrogen) atoms. The van der Waals surface area contributed by atoms with Gasteiger partial charge in [-0.25, -0.2) is 0 Å². The van der Waals surface area contributed by atoms with Crippen molar-refractivity contribution >= 4 is 129 Å². The zero-order valence-corrected chi connectivity index (χ0v) is 46.9. The van der Waals surface area contributed by atoms with Gasteiger partial charge in [0.05, 0.1) is 0 Å². The van der Waals surface area contributed by atoms with Crippen LogP contribution in [-0.4, -0.2) is 0 Å². The third-order valence-corrected chi connectivity index (χ3v) is 19.3. The van der Waals surface area contributed by atoms with Crippen LogP contribution in [0.3, 0.4) is 0 Å². The summed E-state index contributed by atoms with van der Waals surface area (Å²) in [5.74, 6) is 0. The molecule has 0 N–H and O–H groups in total. The maximum absolute atomic E-state index is 2.52. The van der Waals surface area contributed by atoms with Crippen molar-refractivity contribution in [3.8, 4) is 66.8 Å². The molecular formula is C86H50. The van der Waals surface area contributed by atoms with E-state index >= 15 is 0 Å². The highest BCUT2D eigenvalue weighted by atomic mass is 14.3. The first kappa shape index (κ1) is 47.3. The van der Waals surface area contributed by atoms with E-state index in [0.29, 0.717) is 0 Å². The fourth-order valence-electron chi connectivity index (χ4n) is 15.7. The van der Waals surface area contributed by atoms with Crippen LogP contribution in [0, 0.1) is 0 Å². The highest BCUT2D eigenvalue weighted by Gasteiger charge is 2.25. The van der Waals surface area contributed by atoms with Crippen molar-refractivity contribution in [1.82, 2.24) is 0 Å². The summed E-state index contributed by atoms with van der Waals surface area (Å²) in [7, 11) is 0. The maximum atomic E-state index is 2.52. The molecule has 0 unspecified atom stereocenters. The van der Waals surface area contributed by atoms with E-state index in [1.165, 1.54) is 196 Å². The summed E-state index contributed by atoms with van der Waals surface area (Å²) in [5, 5.41) is 30.4. The molecule has 0 aliphatic rings. The van der Waals surface area contributed by atoms with Crippen molar-refractivity contribution < 1.29 is 0 Å². The fraction of sp³-hybridized carbons (Fsp3) is 0. The van der Waals surface area contributed by atoms with Crippen molar-refractivity contribution in [3.63, 3.8) is 0 Å². The Labute approximate surface area is 496 Å². The van der Waals surface area contributed by atoms with Gasteiger partial charge < -0.3 is 0 Å². The van der Waals surface area contributed by atoms with Gasteiger partial charge in [0.1, 0.15) is 0 Å². The number of fused-ring (bicyclic) bond motifs is 6. The van der Waals surface area contributed by atoms with Crippen LogP contribution >= 0.6 is 0 Å². The van der Waals surface area contributed by atoms with Gasteiger partial charge in [-0.15, -0.1) is 0 Å². The summed E-state index contributed by atoms with van der Waals surface area (Å²) in [5.41, 5.74) is 14.8. The Morgan fingerprint density at radius 1 is 0.128 bits per heavy atom. The van der Waals surface area contributed by atoms with Crippen molar-refractivity contribution in [1.29, 1.82) is 0 Å². The fourth-order valence-corrected chi connectivity index (χ4v) is 15.7. The summed E-state index contributed by atoms with van der Waals surface area (Å²) in [6.07, 6.45) is 0. The van der Waals surface area contributed by atoms with Gasteiger partial charge >= 0.3 is 0 Å². The summed E-state index contributed by atoms with van der Waals surface area (Å²) in [6, 6.07) is 115. The molecule has 0 spiro atoms. The molecule has 394 valence electrons. The van der Waals surface area contributed by atoms with Gasteiger partial charge in [-0.3, -0.25) is 0 Å². The molecule has 19 aromatic rings. The molecule has 19 rings (SSSR count). The Bertz CT molecular complexity index is 5900. The Morgan fingerprint density at radius 2 is 0.477 bits per heavy atom. The highest BCUT2D eigenvalue weighted by molar-refractivity contribution is 6.32. The molecule has 0 heteroatoms. The van der Waals surface area contributed by atoms with Gasteiger partial charge in [0.15, 0.2) is 0 Å². The highest BCUT2D eigenvalue weighted by Crippen LogP contribution is 2.52. The molecule has 0 radical (unpaired) electrons. The quantitative estimate of drug-likeness (QED) is 0.115. The van der Waals surface area contributed by atoms with Crippen LogP contribution in [0.1, 0.15) is 0 Å². The van der Waals surface area contributed by atoms with Gasteiger partial charge in [0, 0.05) is 0 Å². The average Bonchev–Trinajstić information content (AvgIpc) is 0.891. The van der Waals surface area contributed by atoms with E-state index in [0.717, 1.165) is 0 Å². The second kappa shape index (κ2) is 18.2. The first-order chi connectivity index (χ1) is 42.7. The molecule has 0 aliphatic heterocycles. The van der Waals surface area contributed by atoms with Crippen molar-refractivity contribution in [2.75, 3.05) is 0 Å². The zero-order valence-electron chi connectivity index (χ0n) is 46.9. The lowest BCUT2D eigenvalue weighted by molar-refractivity contribution is 1.63. The predicted octanol–water partition coefficient (Wildman–Crippen LogP) is 24.4. The lowest BCUT2D eigenvalue weighted by atomic mass is 9.81. The molecule has 0 bridgehead atoms. The molecule has 0 nitrogen and oxygen atoms in total. The van der Waals surface area contributed by atoms with Crippen LogP contribution in [0.15, 0.2) is 303 Å². The minimum atomic E-state index is 1.19. The molecule has 0 aromatic heterocycles. The Hall–Kier alpha value is -11.2. The van der Waals surface area contributed by atoms with E-state index in [1.54, 1.807) is 0 Å². The smallest absolute Gasteiger partial charge is 0.00201 e. The van der Waals surface area contributed by atoms with Crippen molar-refractivity contribution in [2.45, 2.75) is 0 Å². The lowest BCUT2D eigenvalue weighted by Crippen LogP contribution is -1.95. The largest absolute Gasteiger partial charge is 0.0622 e. The molecule has 0 aliphatic carbocycles. The zero-order chi connectivity index (χ0) is 56.1. The van der Waals surface area contributed by atoms with Crippen molar-refractivity contribution in [2.24, 2.45) is 0 Å². The number of rotatable bonds is 6. The van der Waals surface area contributed by atoms with Gasteiger partial charge in [-0.05, 0) is 220 Å². The van der Waals surface area contributed by atoms with Crippen LogP contribution in [-0.2, 0) is 0 Å². The number of benzene rings is 19. The van der Waals surface area contributed by atoms with E-state index < -0.39 is 0 Å². The Balaban J connectivity index is 0.884. The van der Waals surface area contributed by atoms with Gasteiger partial charge in [0.25, 0.3) is 0 Å². The molecule has 0 saturated carbocycles. The lowest BCUT2D eigenvalue weighted by Gasteiger charge is -2.22. The summed E-state index contributed by atoms with van der Waals surface area (Å²) in [6.45, 7) is 0. The molecule has 0 amide bonds. The van der Waals surface area contributed by atoms with Crippen LogP contribution < -0.4 is 0 Å². The second-order valence-corrected chi connectivity index (χ2v) is 23.7. The average molecular weight is 1080 g/mol. The van der Waals surface area contributed by atoms with Gasteiger partial charge in [0.2, 0.25) is 0 Å². The van der Waals surface area contributed by atoms with Gasteiger partial charge in [-0.2, -0.15) is 0 Å². The van der Waals surface area contributed by atoms with E-state index in [-0.39, 0.29) is 0 Å². The molecule has 0 fully saturated rings. The van der Waals surface area contributed by atoms with E-state index in [1.807, 2.05) is 0 Å². The number of hydrogen-bond donors (Lipinski definition) is 0. The van der Waals surface area contributed by atoms with Crippen molar-refractivity contribution in [3.05, 3.63) is 303 Å². The van der Waals surface area contributed by atoms with E-state index in [9.17, 15) is 0 Å². The number of hydrogen-bond acceptors (Lipinski definition) is 0. The molecular weight excluding hydrogens is 1030 g/mol. The molecule has 0 saturated heterocycles. The SMILES string of the molecule is c1ccc(-c2cc(-c3c4ccccc4c(-c4ccc5ccc6cccc7ccc4c5c67)c4ccccc34)cc3c(-c4ccccc4)c4cc(-c5c6ccccc6c(-c6ccc7ccc8cccc9ccc6c7c89)c6ccccc56)ccc4cc23)cc1. The van der Waals surface area contributed by atoms with E-state index in [2.05, 4.69) is 303 Å². The first-order valence-corrected chi connectivity index (χ1v) is 30.1. The minimum Gasteiger partial charge on any atom is -0.0622 e. The summed E-state index contributed by atoms with van der Waals surface area (Å²) >= 11 is 0. The van der Waals surface area contributed by atoms with Crippen LogP contribution in [0.25, 0.3) is 196 Å². The van der Waals surface area contributed by atoms with E-state index in [4.69, 9.17) is 0 Å². The minimum absolute atomic E-state index is 1.19. The molecule has 0 atom stereocenters. The second-order valence-electron chi connectivity index (χ2n) is 23.7. The predicted molar refractivity (Wildman–Crippen MR) is 372 cm³/mol. The van der Waals surface area contributed by atoms with Crippen LogP contribution in [0.5, 0.6) is 0 Å². The third-order valence-electron chi connectivity index (χ3n) is 19.3. The van der Waals surface area contributed by atoms with Gasteiger partial charge in [-0.1, -0.05) is 279 Å². The monoisotopic (exact) mass is 1080 g/mol. The maximum Gasteiger partial charge on any atom is -0.00201 e. The Morgan fingerprint density at radius 3 is 0.942 bits per heavy atom.